The minimum Gasteiger partial charge on any atom is -0.457 e. The third-order valence-corrected chi connectivity index (χ3v) is 6.50. The number of hydrogen-bond acceptors (Lipinski definition) is 5. The van der Waals surface area contributed by atoms with Gasteiger partial charge < -0.3 is 14.8 Å². The number of carbonyl (C=O) groups is 1. The highest BCUT2D eigenvalue weighted by Crippen LogP contribution is 2.27. The summed E-state index contributed by atoms with van der Waals surface area (Å²) >= 11 is 0. The molecule has 0 aliphatic heterocycles. The SMILES string of the molecule is CCOCCCNC(=O)CN(c1ccc(Oc2ccccc2)cc1)S(=O)(=O)c1ccccc1. The van der Waals surface area contributed by atoms with Crippen molar-refractivity contribution in [1.29, 1.82) is 0 Å². The number of sulfonamides is 1. The summed E-state index contributed by atoms with van der Waals surface area (Å²) in [6.45, 7) is 3.11. The highest BCUT2D eigenvalue weighted by atomic mass is 32.2. The Hall–Kier alpha value is -3.36. The number of hydrogen-bond donors (Lipinski definition) is 1. The van der Waals surface area contributed by atoms with Crippen LogP contribution in [0.2, 0.25) is 0 Å². The van der Waals surface area contributed by atoms with Gasteiger partial charge in [-0.1, -0.05) is 36.4 Å². The average molecular weight is 469 g/mol. The molecule has 0 fully saturated rings. The van der Waals surface area contributed by atoms with Crippen LogP contribution in [-0.2, 0) is 19.6 Å². The maximum Gasteiger partial charge on any atom is 0.264 e. The average Bonchev–Trinajstić information content (AvgIpc) is 2.84. The van der Waals surface area contributed by atoms with Crippen LogP contribution in [0.5, 0.6) is 11.5 Å². The molecule has 33 heavy (non-hydrogen) atoms. The predicted octanol–water partition coefficient (Wildman–Crippen LogP) is 4.22. The van der Waals surface area contributed by atoms with E-state index in [4.69, 9.17) is 9.47 Å². The van der Waals surface area contributed by atoms with E-state index in [1.807, 2.05) is 37.3 Å². The molecule has 8 heteroatoms. The van der Waals surface area contributed by atoms with Gasteiger partial charge >= 0.3 is 0 Å². The topological polar surface area (TPSA) is 84.9 Å². The standard InChI is InChI=1S/C25H28N2O5S/c1-2-31-19-9-18-26-25(28)20-27(33(29,30)24-12-7-4-8-13-24)21-14-16-23(17-15-21)32-22-10-5-3-6-11-22/h3-8,10-17H,2,9,18-20H2,1H3,(H,26,28). The Bertz CT molecular complexity index is 1100. The number of benzene rings is 3. The lowest BCUT2D eigenvalue weighted by molar-refractivity contribution is -0.119. The zero-order chi connectivity index (χ0) is 23.5. The molecule has 0 spiro atoms. The van der Waals surface area contributed by atoms with E-state index in [1.54, 1.807) is 42.5 Å². The first-order chi connectivity index (χ1) is 16.0. The molecular weight excluding hydrogens is 440 g/mol. The van der Waals surface area contributed by atoms with Crippen molar-refractivity contribution in [3.05, 3.63) is 84.9 Å². The summed E-state index contributed by atoms with van der Waals surface area (Å²) < 4.78 is 38.9. The maximum atomic E-state index is 13.4. The highest BCUT2D eigenvalue weighted by Gasteiger charge is 2.27. The zero-order valence-corrected chi connectivity index (χ0v) is 19.3. The lowest BCUT2D eigenvalue weighted by atomic mass is 10.3. The van der Waals surface area contributed by atoms with Gasteiger partial charge in [-0.2, -0.15) is 0 Å². The molecule has 1 amide bonds. The van der Waals surface area contributed by atoms with Gasteiger partial charge in [0.15, 0.2) is 0 Å². The van der Waals surface area contributed by atoms with Crippen molar-refractivity contribution in [2.24, 2.45) is 0 Å². The molecule has 0 aliphatic carbocycles. The summed E-state index contributed by atoms with van der Waals surface area (Å²) in [5.74, 6) is 0.837. The van der Waals surface area contributed by atoms with Crippen LogP contribution in [0.25, 0.3) is 0 Å². The lowest BCUT2D eigenvalue weighted by Crippen LogP contribution is -2.41. The fraction of sp³-hybridized carbons (Fsp3) is 0.240. The van der Waals surface area contributed by atoms with Crippen LogP contribution in [0.15, 0.2) is 89.8 Å². The summed E-state index contributed by atoms with van der Waals surface area (Å²) in [4.78, 5) is 12.7. The van der Waals surface area contributed by atoms with Gasteiger partial charge in [0.25, 0.3) is 10.0 Å². The molecule has 3 aromatic carbocycles. The minimum absolute atomic E-state index is 0.110. The normalized spacial score (nSPS) is 11.1. The molecule has 3 rings (SSSR count). The fourth-order valence-corrected chi connectivity index (χ4v) is 4.51. The van der Waals surface area contributed by atoms with E-state index >= 15 is 0 Å². The highest BCUT2D eigenvalue weighted by molar-refractivity contribution is 7.92. The third-order valence-electron chi connectivity index (χ3n) is 4.71. The van der Waals surface area contributed by atoms with Gasteiger partial charge in [0.2, 0.25) is 5.91 Å². The molecule has 0 aliphatic rings. The number of rotatable bonds is 12. The third kappa shape index (κ3) is 7.06. The van der Waals surface area contributed by atoms with Crippen LogP contribution >= 0.6 is 0 Å². The first-order valence-corrected chi connectivity index (χ1v) is 12.2. The van der Waals surface area contributed by atoms with Crippen molar-refractivity contribution in [3.8, 4) is 11.5 Å². The van der Waals surface area contributed by atoms with Crippen LogP contribution < -0.4 is 14.4 Å². The second-order valence-electron chi connectivity index (χ2n) is 7.13. The lowest BCUT2D eigenvalue weighted by Gasteiger charge is -2.24. The van der Waals surface area contributed by atoms with Crippen molar-refractivity contribution in [2.45, 2.75) is 18.2 Å². The molecule has 3 aromatic rings. The molecule has 0 unspecified atom stereocenters. The van der Waals surface area contributed by atoms with Crippen LogP contribution in [0.1, 0.15) is 13.3 Å². The largest absolute Gasteiger partial charge is 0.457 e. The number of nitrogens with one attached hydrogen (secondary N) is 1. The van der Waals surface area contributed by atoms with Crippen molar-refractivity contribution >= 4 is 21.6 Å². The molecule has 0 saturated carbocycles. The Kier molecular flexibility index (Phi) is 8.86. The molecule has 174 valence electrons. The summed E-state index contributed by atoms with van der Waals surface area (Å²) in [6.07, 6.45) is 0.649. The van der Waals surface area contributed by atoms with Gasteiger partial charge in [0.1, 0.15) is 18.0 Å². The summed E-state index contributed by atoms with van der Waals surface area (Å²) in [7, 11) is -3.95. The molecule has 1 N–H and O–H groups in total. The van der Waals surface area contributed by atoms with Gasteiger partial charge in [-0.15, -0.1) is 0 Å². The van der Waals surface area contributed by atoms with E-state index in [1.165, 1.54) is 12.1 Å². The van der Waals surface area contributed by atoms with E-state index in [0.29, 0.717) is 43.4 Å². The Morgan fingerprint density at radius 3 is 2.12 bits per heavy atom. The van der Waals surface area contributed by atoms with Gasteiger partial charge in [0, 0.05) is 19.8 Å². The minimum atomic E-state index is -3.95. The summed E-state index contributed by atoms with van der Waals surface area (Å²) in [5.41, 5.74) is 0.365. The van der Waals surface area contributed by atoms with Crippen LogP contribution in [0.3, 0.4) is 0 Å². The van der Waals surface area contributed by atoms with E-state index < -0.39 is 15.9 Å². The number of nitrogens with zero attached hydrogens (tertiary/aromatic N) is 1. The fourth-order valence-electron chi connectivity index (χ4n) is 3.07. The second-order valence-corrected chi connectivity index (χ2v) is 9.00. The van der Waals surface area contributed by atoms with Crippen LogP contribution in [0.4, 0.5) is 5.69 Å². The van der Waals surface area contributed by atoms with Gasteiger partial charge in [-0.05, 0) is 61.9 Å². The van der Waals surface area contributed by atoms with E-state index in [-0.39, 0.29) is 11.4 Å². The zero-order valence-electron chi connectivity index (χ0n) is 18.5. The molecule has 0 radical (unpaired) electrons. The predicted molar refractivity (Wildman–Crippen MR) is 128 cm³/mol. The molecule has 7 nitrogen and oxygen atoms in total. The Balaban J connectivity index is 1.78. The van der Waals surface area contributed by atoms with E-state index in [9.17, 15) is 13.2 Å². The summed E-state index contributed by atoms with van der Waals surface area (Å²) in [6, 6.07) is 23.9. The number of para-hydroxylation sites is 1. The van der Waals surface area contributed by atoms with E-state index in [2.05, 4.69) is 5.32 Å². The Morgan fingerprint density at radius 1 is 0.879 bits per heavy atom. The first-order valence-electron chi connectivity index (χ1n) is 10.8. The van der Waals surface area contributed by atoms with Crippen LogP contribution in [-0.4, -0.2) is 40.6 Å². The maximum absolute atomic E-state index is 13.4. The van der Waals surface area contributed by atoms with Crippen LogP contribution in [0, 0.1) is 0 Å². The molecule has 0 bridgehead atoms. The van der Waals surface area contributed by atoms with Crippen molar-refractivity contribution < 1.29 is 22.7 Å². The summed E-state index contributed by atoms with van der Waals surface area (Å²) in [5, 5.41) is 2.76. The number of ether oxygens (including phenoxy) is 2. The van der Waals surface area contributed by atoms with Crippen molar-refractivity contribution in [1.82, 2.24) is 5.32 Å². The Morgan fingerprint density at radius 2 is 1.48 bits per heavy atom. The van der Waals surface area contributed by atoms with Gasteiger partial charge in [-0.25, -0.2) is 8.42 Å². The van der Waals surface area contributed by atoms with E-state index in [0.717, 1.165) is 4.31 Å². The Labute approximate surface area is 195 Å². The molecule has 0 heterocycles. The first kappa shape index (κ1) is 24.3. The smallest absolute Gasteiger partial charge is 0.264 e. The second kappa shape index (κ2) is 12.0. The van der Waals surface area contributed by atoms with Crippen molar-refractivity contribution in [2.75, 3.05) is 30.6 Å². The number of amides is 1. The molecule has 0 aromatic heterocycles. The monoisotopic (exact) mass is 468 g/mol. The quantitative estimate of drug-likeness (QED) is 0.403. The van der Waals surface area contributed by atoms with Gasteiger partial charge in [-0.3, -0.25) is 9.10 Å². The molecule has 0 atom stereocenters. The molecule has 0 saturated heterocycles. The number of anilines is 1. The molecular formula is C25H28N2O5S. The van der Waals surface area contributed by atoms with Crippen molar-refractivity contribution in [3.63, 3.8) is 0 Å². The number of carbonyl (C=O) groups excluding carboxylic acids is 1. The van der Waals surface area contributed by atoms with Gasteiger partial charge in [0.05, 0.1) is 10.6 Å².